The van der Waals surface area contributed by atoms with Crippen LogP contribution in [0.4, 0.5) is 0 Å². The van der Waals surface area contributed by atoms with Crippen LogP contribution in [0.25, 0.3) is 11.0 Å². The molecule has 1 amide bonds. The standard InChI is InChI=1S/C26H28N4O2/c1-19-12-13-20(2)24(17-19)32-16-8-15-30-23-11-5-4-9-21(23)28-25(30)18-29(3)26(31)22-10-6-7-14-27-22/h4-7,9-14,17H,8,15-16,18H2,1-3H3. The van der Waals surface area contributed by atoms with Crippen molar-refractivity contribution in [2.45, 2.75) is 33.4 Å². The highest BCUT2D eigenvalue weighted by molar-refractivity contribution is 5.92. The number of imidazole rings is 1. The number of aryl methyl sites for hydroxylation is 3. The number of fused-ring (bicyclic) bond motifs is 1. The Morgan fingerprint density at radius 3 is 2.69 bits per heavy atom. The van der Waals surface area contributed by atoms with E-state index in [2.05, 4.69) is 47.7 Å². The molecule has 32 heavy (non-hydrogen) atoms. The number of benzene rings is 2. The Bertz CT molecular complexity index is 1220. The molecule has 0 saturated heterocycles. The second-order valence-electron chi connectivity index (χ2n) is 8.02. The number of ether oxygens (including phenoxy) is 1. The highest BCUT2D eigenvalue weighted by atomic mass is 16.5. The lowest BCUT2D eigenvalue weighted by Crippen LogP contribution is -2.28. The second kappa shape index (κ2) is 9.64. The molecule has 0 aliphatic heterocycles. The van der Waals surface area contributed by atoms with Crippen LogP contribution in [-0.4, -0.2) is 39.0 Å². The molecule has 0 aliphatic rings. The van der Waals surface area contributed by atoms with Crippen LogP contribution < -0.4 is 4.74 Å². The van der Waals surface area contributed by atoms with Crippen LogP contribution in [0.5, 0.6) is 5.75 Å². The van der Waals surface area contributed by atoms with Crippen molar-refractivity contribution in [2.75, 3.05) is 13.7 Å². The largest absolute Gasteiger partial charge is 0.493 e. The monoisotopic (exact) mass is 428 g/mol. The number of aromatic nitrogens is 3. The fourth-order valence-electron chi connectivity index (χ4n) is 3.73. The van der Waals surface area contributed by atoms with E-state index < -0.39 is 0 Å². The van der Waals surface area contributed by atoms with Gasteiger partial charge in [0.25, 0.3) is 5.91 Å². The summed E-state index contributed by atoms with van der Waals surface area (Å²) in [5, 5.41) is 0. The van der Waals surface area contributed by atoms with Gasteiger partial charge in [0.15, 0.2) is 0 Å². The van der Waals surface area contributed by atoms with Crippen LogP contribution >= 0.6 is 0 Å². The number of hydrogen-bond acceptors (Lipinski definition) is 4. The van der Waals surface area contributed by atoms with Gasteiger partial charge in [0, 0.05) is 19.8 Å². The Balaban J connectivity index is 1.47. The van der Waals surface area contributed by atoms with Crippen molar-refractivity contribution in [3.05, 3.63) is 89.5 Å². The van der Waals surface area contributed by atoms with Crippen molar-refractivity contribution in [3.63, 3.8) is 0 Å². The van der Waals surface area contributed by atoms with Gasteiger partial charge in [-0.25, -0.2) is 4.98 Å². The second-order valence-corrected chi connectivity index (χ2v) is 8.02. The van der Waals surface area contributed by atoms with Gasteiger partial charge in [-0.3, -0.25) is 9.78 Å². The molecular weight excluding hydrogens is 400 g/mol. The van der Waals surface area contributed by atoms with Crippen LogP contribution in [0.15, 0.2) is 66.9 Å². The van der Waals surface area contributed by atoms with Gasteiger partial charge in [-0.1, -0.05) is 30.3 Å². The van der Waals surface area contributed by atoms with Crippen molar-refractivity contribution in [1.29, 1.82) is 0 Å². The average molecular weight is 429 g/mol. The lowest BCUT2D eigenvalue weighted by molar-refractivity contribution is 0.0774. The molecule has 6 heteroatoms. The fourth-order valence-corrected chi connectivity index (χ4v) is 3.73. The van der Waals surface area contributed by atoms with Crippen molar-refractivity contribution >= 4 is 16.9 Å². The maximum atomic E-state index is 12.8. The van der Waals surface area contributed by atoms with Crippen molar-refractivity contribution < 1.29 is 9.53 Å². The molecule has 0 bridgehead atoms. The minimum atomic E-state index is -0.123. The molecule has 4 aromatic rings. The van der Waals surface area contributed by atoms with E-state index in [1.54, 1.807) is 30.3 Å². The normalized spacial score (nSPS) is 11.0. The minimum Gasteiger partial charge on any atom is -0.493 e. The Morgan fingerprint density at radius 1 is 1.06 bits per heavy atom. The van der Waals surface area contributed by atoms with Crippen LogP contribution in [0.3, 0.4) is 0 Å². The zero-order valence-corrected chi connectivity index (χ0v) is 18.8. The van der Waals surface area contributed by atoms with E-state index in [1.807, 2.05) is 24.3 Å². The number of pyridine rings is 1. The summed E-state index contributed by atoms with van der Waals surface area (Å²) in [5.74, 6) is 1.66. The Kier molecular flexibility index (Phi) is 6.50. The first-order valence-electron chi connectivity index (χ1n) is 10.8. The molecule has 2 aromatic heterocycles. The maximum absolute atomic E-state index is 12.8. The van der Waals surface area contributed by atoms with Gasteiger partial charge in [-0.2, -0.15) is 0 Å². The van der Waals surface area contributed by atoms with Gasteiger partial charge in [0.05, 0.1) is 24.2 Å². The molecule has 4 rings (SSSR count). The third-order valence-electron chi connectivity index (χ3n) is 5.47. The molecule has 0 atom stereocenters. The van der Waals surface area contributed by atoms with E-state index in [0.29, 0.717) is 18.8 Å². The van der Waals surface area contributed by atoms with Crippen molar-refractivity contribution in [3.8, 4) is 5.75 Å². The van der Waals surface area contributed by atoms with Gasteiger partial charge in [0.1, 0.15) is 17.3 Å². The molecule has 0 spiro atoms. The Morgan fingerprint density at radius 2 is 1.88 bits per heavy atom. The van der Waals surface area contributed by atoms with Gasteiger partial charge in [-0.15, -0.1) is 0 Å². The molecule has 0 fully saturated rings. The molecule has 0 aliphatic carbocycles. The van der Waals surface area contributed by atoms with E-state index in [9.17, 15) is 4.79 Å². The minimum absolute atomic E-state index is 0.123. The summed E-state index contributed by atoms with van der Waals surface area (Å²) in [6, 6.07) is 19.7. The third-order valence-corrected chi connectivity index (χ3v) is 5.47. The molecule has 0 N–H and O–H groups in total. The lowest BCUT2D eigenvalue weighted by Gasteiger charge is -2.18. The number of rotatable bonds is 8. The number of hydrogen-bond donors (Lipinski definition) is 0. The van der Waals surface area contributed by atoms with Gasteiger partial charge in [0.2, 0.25) is 0 Å². The summed E-state index contributed by atoms with van der Waals surface area (Å²) in [4.78, 5) is 23.4. The molecule has 0 saturated carbocycles. The van der Waals surface area contributed by atoms with Crippen LogP contribution in [0.2, 0.25) is 0 Å². The number of para-hydroxylation sites is 2. The van der Waals surface area contributed by atoms with Gasteiger partial charge >= 0.3 is 0 Å². The van der Waals surface area contributed by atoms with E-state index in [1.165, 1.54) is 5.56 Å². The van der Waals surface area contributed by atoms with Crippen LogP contribution in [0, 0.1) is 13.8 Å². The number of nitrogens with zero attached hydrogens (tertiary/aromatic N) is 4. The molecule has 0 unspecified atom stereocenters. The molecule has 6 nitrogen and oxygen atoms in total. The number of carbonyl (C=O) groups is 1. The van der Waals surface area contributed by atoms with Gasteiger partial charge in [-0.05, 0) is 61.7 Å². The molecule has 164 valence electrons. The molecule has 2 aromatic carbocycles. The summed E-state index contributed by atoms with van der Waals surface area (Å²) in [5.41, 5.74) is 4.75. The quantitative estimate of drug-likeness (QED) is 0.379. The zero-order valence-electron chi connectivity index (χ0n) is 18.8. The van der Waals surface area contributed by atoms with Crippen LogP contribution in [-0.2, 0) is 13.1 Å². The van der Waals surface area contributed by atoms with E-state index >= 15 is 0 Å². The van der Waals surface area contributed by atoms with Gasteiger partial charge < -0.3 is 14.2 Å². The van der Waals surface area contributed by atoms with E-state index in [4.69, 9.17) is 9.72 Å². The molecule has 2 heterocycles. The lowest BCUT2D eigenvalue weighted by atomic mass is 10.1. The summed E-state index contributed by atoms with van der Waals surface area (Å²) in [6.07, 6.45) is 2.46. The first-order valence-corrected chi connectivity index (χ1v) is 10.8. The predicted octanol–water partition coefficient (Wildman–Crippen LogP) is 4.79. The Labute approximate surface area is 188 Å². The fraction of sp³-hybridized carbons (Fsp3) is 0.269. The summed E-state index contributed by atoms with van der Waals surface area (Å²) in [6.45, 7) is 5.90. The number of amides is 1. The smallest absolute Gasteiger partial charge is 0.272 e. The first-order chi connectivity index (χ1) is 15.5. The number of carbonyl (C=O) groups excluding carboxylic acids is 1. The third kappa shape index (κ3) is 4.80. The van der Waals surface area contributed by atoms with E-state index in [0.717, 1.165) is 41.1 Å². The first kappa shape index (κ1) is 21.6. The highest BCUT2D eigenvalue weighted by Gasteiger charge is 2.17. The molecular formula is C26H28N4O2. The zero-order chi connectivity index (χ0) is 22.5. The summed E-state index contributed by atoms with van der Waals surface area (Å²) in [7, 11) is 1.78. The summed E-state index contributed by atoms with van der Waals surface area (Å²) < 4.78 is 8.22. The van der Waals surface area contributed by atoms with E-state index in [-0.39, 0.29) is 5.91 Å². The Hall–Kier alpha value is -3.67. The predicted molar refractivity (Wildman–Crippen MR) is 126 cm³/mol. The average Bonchev–Trinajstić information content (AvgIpc) is 3.15. The summed E-state index contributed by atoms with van der Waals surface area (Å²) >= 11 is 0. The van der Waals surface area contributed by atoms with Crippen molar-refractivity contribution in [2.24, 2.45) is 0 Å². The molecule has 0 radical (unpaired) electrons. The van der Waals surface area contributed by atoms with Crippen LogP contribution in [0.1, 0.15) is 33.9 Å². The van der Waals surface area contributed by atoms with Crippen molar-refractivity contribution in [1.82, 2.24) is 19.4 Å². The SMILES string of the molecule is Cc1ccc(C)c(OCCCn2c(CN(C)C(=O)c3ccccn3)nc3ccccc32)c1. The highest BCUT2D eigenvalue weighted by Crippen LogP contribution is 2.21. The maximum Gasteiger partial charge on any atom is 0.272 e. The topological polar surface area (TPSA) is 60.2 Å².